The van der Waals surface area contributed by atoms with E-state index in [0.29, 0.717) is 13.0 Å². The molecule has 0 aromatic heterocycles. The molecule has 2 rings (SSSR count). The van der Waals surface area contributed by atoms with E-state index >= 15 is 0 Å². The van der Waals surface area contributed by atoms with Gasteiger partial charge >= 0.3 is 0 Å². The Bertz CT molecular complexity index is 376. The van der Waals surface area contributed by atoms with Gasteiger partial charge in [-0.2, -0.15) is 0 Å². The molecule has 1 aromatic carbocycles. The molecule has 3 nitrogen and oxygen atoms in total. The SMILES string of the molecule is COCCC(=O)NC1CCc2ccccc21. The first-order valence-electron chi connectivity index (χ1n) is 5.67. The summed E-state index contributed by atoms with van der Waals surface area (Å²) < 4.78 is 4.89. The molecule has 0 radical (unpaired) electrons. The maximum absolute atomic E-state index is 11.6. The van der Waals surface area contributed by atoms with Crippen LogP contribution in [0.4, 0.5) is 0 Å². The summed E-state index contributed by atoms with van der Waals surface area (Å²) in [7, 11) is 1.61. The lowest BCUT2D eigenvalue weighted by Gasteiger charge is -2.13. The lowest BCUT2D eigenvalue weighted by Crippen LogP contribution is -2.27. The van der Waals surface area contributed by atoms with Gasteiger partial charge < -0.3 is 10.1 Å². The van der Waals surface area contributed by atoms with Crippen LogP contribution in [0.1, 0.15) is 30.0 Å². The van der Waals surface area contributed by atoms with E-state index in [1.165, 1.54) is 11.1 Å². The van der Waals surface area contributed by atoms with Gasteiger partial charge in [-0.15, -0.1) is 0 Å². The predicted molar refractivity (Wildman–Crippen MR) is 62.1 cm³/mol. The van der Waals surface area contributed by atoms with Crippen molar-refractivity contribution in [2.24, 2.45) is 0 Å². The van der Waals surface area contributed by atoms with Crippen LogP contribution in [0.25, 0.3) is 0 Å². The van der Waals surface area contributed by atoms with Crippen LogP contribution < -0.4 is 5.32 Å². The highest BCUT2D eigenvalue weighted by Crippen LogP contribution is 2.30. The fraction of sp³-hybridized carbons (Fsp3) is 0.462. The fourth-order valence-electron chi connectivity index (χ4n) is 2.17. The molecule has 0 saturated heterocycles. The van der Waals surface area contributed by atoms with Gasteiger partial charge in [0.15, 0.2) is 0 Å². The number of nitrogens with one attached hydrogen (secondary N) is 1. The summed E-state index contributed by atoms with van der Waals surface area (Å²) in [6, 6.07) is 8.51. The maximum atomic E-state index is 11.6. The summed E-state index contributed by atoms with van der Waals surface area (Å²) in [5, 5.41) is 3.05. The molecule has 1 aromatic rings. The van der Waals surface area contributed by atoms with Gasteiger partial charge in [0, 0.05) is 13.5 Å². The first-order chi connectivity index (χ1) is 7.81. The average Bonchev–Trinajstić information content (AvgIpc) is 2.70. The number of rotatable bonds is 4. The highest BCUT2D eigenvalue weighted by Gasteiger charge is 2.22. The number of carbonyl (C=O) groups is 1. The molecule has 3 heteroatoms. The van der Waals surface area contributed by atoms with Gasteiger partial charge in [0.2, 0.25) is 5.91 Å². The molecule has 16 heavy (non-hydrogen) atoms. The maximum Gasteiger partial charge on any atom is 0.222 e. The predicted octanol–water partition coefficient (Wildman–Crippen LogP) is 1.83. The van der Waals surface area contributed by atoms with Gasteiger partial charge in [-0.3, -0.25) is 4.79 Å². The Morgan fingerprint density at radius 2 is 2.31 bits per heavy atom. The minimum absolute atomic E-state index is 0.0727. The number of amides is 1. The molecule has 0 saturated carbocycles. The topological polar surface area (TPSA) is 38.3 Å². The van der Waals surface area contributed by atoms with Crippen molar-refractivity contribution in [1.82, 2.24) is 5.32 Å². The fourth-order valence-corrected chi connectivity index (χ4v) is 2.17. The molecule has 1 aliphatic rings. The van der Waals surface area contributed by atoms with Crippen LogP contribution in [0, 0.1) is 0 Å². The first kappa shape index (κ1) is 11.1. The standard InChI is InChI=1S/C13H17NO2/c1-16-9-8-13(15)14-12-7-6-10-4-2-3-5-11(10)12/h2-5,12H,6-9H2,1H3,(H,14,15). The quantitative estimate of drug-likeness (QED) is 0.839. The number of aryl methyl sites for hydroxylation is 1. The Hall–Kier alpha value is -1.35. The molecule has 1 amide bonds. The number of hydrogen-bond acceptors (Lipinski definition) is 2. The number of hydrogen-bond donors (Lipinski definition) is 1. The second-order valence-electron chi connectivity index (χ2n) is 4.10. The van der Waals surface area contributed by atoms with Crippen molar-refractivity contribution >= 4 is 5.91 Å². The summed E-state index contributed by atoms with van der Waals surface area (Å²) in [6.07, 6.45) is 2.51. The molecular formula is C13H17NO2. The van der Waals surface area contributed by atoms with Crippen LogP contribution >= 0.6 is 0 Å². The highest BCUT2D eigenvalue weighted by atomic mass is 16.5. The van der Waals surface area contributed by atoms with Crippen LogP contribution in [0.3, 0.4) is 0 Å². The van der Waals surface area contributed by atoms with Crippen molar-refractivity contribution in [3.63, 3.8) is 0 Å². The normalized spacial score (nSPS) is 18.2. The summed E-state index contributed by atoms with van der Waals surface area (Å²) in [4.78, 5) is 11.6. The second-order valence-corrected chi connectivity index (χ2v) is 4.10. The second kappa shape index (κ2) is 5.12. The van der Waals surface area contributed by atoms with Crippen molar-refractivity contribution in [2.45, 2.75) is 25.3 Å². The number of methoxy groups -OCH3 is 1. The van der Waals surface area contributed by atoms with Crippen molar-refractivity contribution in [2.75, 3.05) is 13.7 Å². The summed E-state index contributed by atoms with van der Waals surface area (Å²) in [6.45, 7) is 0.486. The molecule has 0 bridgehead atoms. The van der Waals surface area contributed by atoms with Crippen LogP contribution in [0.15, 0.2) is 24.3 Å². The molecule has 86 valence electrons. The number of benzene rings is 1. The van der Waals surface area contributed by atoms with E-state index in [1.807, 2.05) is 12.1 Å². The summed E-state index contributed by atoms with van der Waals surface area (Å²) in [5.74, 6) is 0.0727. The first-order valence-corrected chi connectivity index (χ1v) is 5.67. The third kappa shape index (κ3) is 2.42. The number of carbonyl (C=O) groups excluding carboxylic acids is 1. The molecular weight excluding hydrogens is 202 g/mol. The lowest BCUT2D eigenvalue weighted by molar-refractivity contribution is -0.122. The van der Waals surface area contributed by atoms with Gasteiger partial charge in [0.05, 0.1) is 12.6 Å². The molecule has 1 atom stereocenters. The monoisotopic (exact) mass is 219 g/mol. The number of fused-ring (bicyclic) bond motifs is 1. The van der Waals surface area contributed by atoms with E-state index in [2.05, 4.69) is 17.4 Å². The van der Waals surface area contributed by atoms with Gasteiger partial charge in [0.25, 0.3) is 0 Å². The molecule has 0 fully saturated rings. The van der Waals surface area contributed by atoms with E-state index in [1.54, 1.807) is 7.11 Å². The summed E-state index contributed by atoms with van der Waals surface area (Å²) in [5.41, 5.74) is 2.63. The Balaban J connectivity index is 1.95. The van der Waals surface area contributed by atoms with E-state index in [4.69, 9.17) is 4.74 Å². The van der Waals surface area contributed by atoms with Crippen LogP contribution in [0.2, 0.25) is 0 Å². The van der Waals surface area contributed by atoms with Crippen LogP contribution in [-0.4, -0.2) is 19.6 Å². The Morgan fingerprint density at radius 1 is 1.50 bits per heavy atom. The average molecular weight is 219 g/mol. The van der Waals surface area contributed by atoms with Crippen molar-refractivity contribution in [1.29, 1.82) is 0 Å². The largest absolute Gasteiger partial charge is 0.384 e. The third-order valence-electron chi connectivity index (χ3n) is 3.00. The van der Waals surface area contributed by atoms with Gasteiger partial charge in [-0.05, 0) is 24.0 Å². The van der Waals surface area contributed by atoms with Crippen LogP contribution in [0.5, 0.6) is 0 Å². The molecule has 1 N–H and O–H groups in total. The lowest BCUT2D eigenvalue weighted by atomic mass is 10.1. The smallest absolute Gasteiger partial charge is 0.222 e. The molecule has 0 aliphatic heterocycles. The van der Waals surface area contributed by atoms with Gasteiger partial charge in [-0.25, -0.2) is 0 Å². The van der Waals surface area contributed by atoms with Gasteiger partial charge in [-0.1, -0.05) is 24.3 Å². The van der Waals surface area contributed by atoms with Crippen molar-refractivity contribution in [3.05, 3.63) is 35.4 Å². The Kier molecular flexibility index (Phi) is 3.57. The zero-order valence-electron chi connectivity index (χ0n) is 9.53. The number of ether oxygens (including phenoxy) is 1. The minimum Gasteiger partial charge on any atom is -0.384 e. The van der Waals surface area contributed by atoms with Gasteiger partial charge in [0.1, 0.15) is 0 Å². The van der Waals surface area contributed by atoms with E-state index < -0.39 is 0 Å². The highest BCUT2D eigenvalue weighted by molar-refractivity contribution is 5.76. The Morgan fingerprint density at radius 3 is 3.12 bits per heavy atom. The molecule has 1 unspecified atom stereocenters. The molecule has 1 aliphatic carbocycles. The van der Waals surface area contributed by atoms with E-state index in [-0.39, 0.29) is 11.9 Å². The van der Waals surface area contributed by atoms with Crippen molar-refractivity contribution in [3.8, 4) is 0 Å². The molecule has 0 spiro atoms. The zero-order chi connectivity index (χ0) is 11.4. The van der Waals surface area contributed by atoms with E-state index in [0.717, 1.165) is 12.8 Å². The third-order valence-corrected chi connectivity index (χ3v) is 3.00. The van der Waals surface area contributed by atoms with E-state index in [9.17, 15) is 4.79 Å². The van der Waals surface area contributed by atoms with Crippen LogP contribution in [-0.2, 0) is 16.0 Å². The Labute approximate surface area is 95.8 Å². The zero-order valence-corrected chi connectivity index (χ0v) is 9.53. The minimum atomic E-state index is 0.0727. The van der Waals surface area contributed by atoms with Crippen molar-refractivity contribution < 1.29 is 9.53 Å². The summed E-state index contributed by atoms with van der Waals surface area (Å²) >= 11 is 0. The molecule has 0 heterocycles.